The molecule has 0 bridgehead atoms. The largest absolute Gasteiger partial charge is 0.503 e. The van der Waals surface area contributed by atoms with E-state index in [-0.39, 0.29) is 5.76 Å². The van der Waals surface area contributed by atoms with Gasteiger partial charge in [0.15, 0.2) is 5.76 Å². The highest BCUT2D eigenvalue weighted by atomic mass is 35.5. The van der Waals surface area contributed by atoms with Crippen LogP contribution in [0.4, 0.5) is 0 Å². The lowest BCUT2D eigenvalue weighted by Crippen LogP contribution is -2.29. The van der Waals surface area contributed by atoms with Gasteiger partial charge in [0.05, 0.1) is 13.2 Å². The van der Waals surface area contributed by atoms with Crippen molar-refractivity contribution in [3.8, 4) is 5.75 Å². The molecule has 2 aromatic carbocycles. The molecule has 1 atom stereocenters. The lowest BCUT2D eigenvalue weighted by Gasteiger charge is -2.27. The molecule has 0 radical (unpaired) electrons. The van der Waals surface area contributed by atoms with Crippen LogP contribution in [0.25, 0.3) is 5.57 Å². The number of pyridine rings is 1. The van der Waals surface area contributed by atoms with Gasteiger partial charge in [-0.1, -0.05) is 41.9 Å². The molecule has 0 unspecified atom stereocenters. The fraction of sp³-hybridized carbons (Fsp3) is 0.130. The van der Waals surface area contributed by atoms with Crippen LogP contribution in [0.2, 0.25) is 5.02 Å². The first kappa shape index (κ1) is 19.0. The van der Waals surface area contributed by atoms with Crippen LogP contribution in [0.1, 0.15) is 22.7 Å². The SMILES string of the molecule is COc1ccc(C2=C(O)C(=O)N(Cc3cccnc3)[C@H]2c2ccc(Cl)cc2)cc1. The second-order valence-electron chi connectivity index (χ2n) is 6.74. The molecule has 2 heterocycles. The number of aromatic nitrogens is 1. The molecule has 5 nitrogen and oxygen atoms in total. The molecule has 0 saturated carbocycles. The van der Waals surface area contributed by atoms with Crippen molar-refractivity contribution in [2.24, 2.45) is 0 Å². The van der Waals surface area contributed by atoms with Crippen LogP contribution >= 0.6 is 11.6 Å². The summed E-state index contributed by atoms with van der Waals surface area (Å²) in [6, 6.07) is 17.9. The smallest absolute Gasteiger partial charge is 0.290 e. The molecule has 29 heavy (non-hydrogen) atoms. The molecule has 0 spiro atoms. The number of aliphatic hydroxyl groups excluding tert-OH is 1. The van der Waals surface area contributed by atoms with Gasteiger partial charge in [-0.15, -0.1) is 0 Å². The zero-order chi connectivity index (χ0) is 20.4. The van der Waals surface area contributed by atoms with Gasteiger partial charge < -0.3 is 14.7 Å². The van der Waals surface area contributed by atoms with E-state index in [9.17, 15) is 9.90 Å². The van der Waals surface area contributed by atoms with Gasteiger partial charge in [0.25, 0.3) is 5.91 Å². The van der Waals surface area contributed by atoms with Crippen LogP contribution in [-0.2, 0) is 11.3 Å². The fourth-order valence-electron chi connectivity index (χ4n) is 3.56. The third-order valence-electron chi connectivity index (χ3n) is 4.97. The topological polar surface area (TPSA) is 62.7 Å². The Morgan fingerprint density at radius 1 is 1.10 bits per heavy atom. The molecule has 1 aliphatic rings. The van der Waals surface area contributed by atoms with E-state index >= 15 is 0 Å². The van der Waals surface area contributed by atoms with Gasteiger partial charge in [-0.2, -0.15) is 0 Å². The van der Waals surface area contributed by atoms with E-state index in [0.717, 1.165) is 16.7 Å². The third kappa shape index (κ3) is 3.69. The number of amides is 1. The summed E-state index contributed by atoms with van der Waals surface area (Å²) in [5, 5.41) is 11.4. The maximum atomic E-state index is 13.0. The van der Waals surface area contributed by atoms with Gasteiger partial charge >= 0.3 is 0 Å². The first-order chi connectivity index (χ1) is 14.1. The highest BCUT2D eigenvalue weighted by molar-refractivity contribution is 6.30. The zero-order valence-corrected chi connectivity index (χ0v) is 16.5. The van der Waals surface area contributed by atoms with Crippen molar-refractivity contribution >= 4 is 23.1 Å². The molecule has 146 valence electrons. The first-order valence-electron chi connectivity index (χ1n) is 9.11. The quantitative estimate of drug-likeness (QED) is 0.661. The Morgan fingerprint density at radius 2 is 1.83 bits per heavy atom. The van der Waals surface area contributed by atoms with E-state index in [4.69, 9.17) is 16.3 Å². The fourth-order valence-corrected chi connectivity index (χ4v) is 3.69. The van der Waals surface area contributed by atoms with Crippen molar-refractivity contribution < 1.29 is 14.6 Å². The Morgan fingerprint density at radius 3 is 2.45 bits per heavy atom. The minimum atomic E-state index is -0.451. The number of halogens is 1. The second kappa shape index (κ2) is 7.97. The Kier molecular flexibility index (Phi) is 5.23. The van der Waals surface area contributed by atoms with E-state index in [1.54, 1.807) is 36.5 Å². The van der Waals surface area contributed by atoms with Crippen molar-refractivity contribution in [1.82, 2.24) is 9.88 Å². The summed E-state index contributed by atoms with van der Waals surface area (Å²) in [6.45, 7) is 0.323. The summed E-state index contributed by atoms with van der Waals surface area (Å²) in [5.41, 5.74) is 3.05. The molecule has 1 amide bonds. The van der Waals surface area contributed by atoms with Crippen LogP contribution in [-0.4, -0.2) is 28.0 Å². The van der Waals surface area contributed by atoms with Crippen molar-refractivity contribution in [1.29, 1.82) is 0 Å². The average Bonchev–Trinajstić information content (AvgIpc) is 3.00. The number of aliphatic hydroxyl groups is 1. The van der Waals surface area contributed by atoms with Crippen molar-refractivity contribution in [2.75, 3.05) is 7.11 Å². The predicted octanol–water partition coefficient (Wildman–Crippen LogP) is 4.80. The normalized spacial score (nSPS) is 16.4. The summed E-state index contributed by atoms with van der Waals surface area (Å²) < 4.78 is 5.23. The number of hydrogen-bond acceptors (Lipinski definition) is 4. The molecular formula is C23H19ClN2O3. The van der Waals surface area contributed by atoms with Gasteiger partial charge in [-0.05, 0) is 47.0 Å². The summed E-state index contributed by atoms with van der Waals surface area (Å²) in [4.78, 5) is 18.8. The van der Waals surface area contributed by atoms with Gasteiger partial charge in [-0.3, -0.25) is 9.78 Å². The van der Waals surface area contributed by atoms with E-state index in [2.05, 4.69) is 4.98 Å². The average molecular weight is 407 g/mol. The number of carbonyl (C=O) groups excluding carboxylic acids is 1. The molecule has 1 aliphatic heterocycles. The molecular weight excluding hydrogens is 388 g/mol. The molecule has 0 saturated heterocycles. The number of nitrogens with zero attached hydrogens (tertiary/aromatic N) is 2. The van der Waals surface area contributed by atoms with E-state index in [1.165, 1.54) is 0 Å². The number of ether oxygens (including phenoxy) is 1. The van der Waals surface area contributed by atoms with Gasteiger partial charge in [0, 0.05) is 29.5 Å². The van der Waals surface area contributed by atoms with E-state index in [1.807, 2.05) is 48.5 Å². The highest BCUT2D eigenvalue weighted by Gasteiger charge is 2.41. The summed E-state index contributed by atoms with van der Waals surface area (Å²) >= 11 is 6.06. The third-order valence-corrected chi connectivity index (χ3v) is 5.22. The van der Waals surface area contributed by atoms with Crippen molar-refractivity contribution in [3.63, 3.8) is 0 Å². The molecule has 0 fully saturated rings. The first-order valence-corrected chi connectivity index (χ1v) is 9.49. The Bertz CT molecular complexity index is 1050. The number of carbonyl (C=O) groups is 1. The number of hydrogen-bond donors (Lipinski definition) is 1. The minimum Gasteiger partial charge on any atom is -0.503 e. The van der Waals surface area contributed by atoms with Crippen molar-refractivity contribution in [2.45, 2.75) is 12.6 Å². The molecule has 0 aliphatic carbocycles. The van der Waals surface area contributed by atoms with Gasteiger partial charge in [0.1, 0.15) is 5.75 Å². The molecule has 4 rings (SSSR count). The lowest BCUT2D eigenvalue weighted by atomic mass is 9.93. The molecule has 1 N–H and O–H groups in total. The van der Waals surface area contributed by atoms with E-state index in [0.29, 0.717) is 22.9 Å². The monoisotopic (exact) mass is 406 g/mol. The Balaban J connectivity index is 1.80. The number of methoxy groups -OCH3 is 1. The minimum absolute atomic E-state index is 0.251. The maximum absolute atomic E-state index is 13.0. The van der Waals surface area contributed by atoms with Crippen LogP contribution in [0.5, 0.6) is 5.75 Å². The predicted molar refractivity (Wildman–Crippen MR) is 112 cm³/mol. The molecule has 1 aromatic heterocycles. The Hall–Kier alpha value is -3.31. The van der Waals surface area contributed by atoms with E-state index < -0.39 is 11.9 Å². The summed E-state index contributed by atoms with van der Waals surface area (Å²) in [5.74, 6) is 0.0343. The van der Waals surface area contributed by atoms with Gasteiger partial charge in [-0.25, -0.2) is 0 Å². The molecule has 3 aromatic rings. The van der Waals surface area contributed by atoms with Crippen LogP contribution in [0, 0.1) is 0 Å². The molecule has 6 heteroatoms. The Labute approximate surface area is 173 Å². The van der Waals surface area contributed by atoms with Crippen LogP contribution in [0.15, 0.2) is 78.8 Å². The summed E-state index contributed by atoms with van der Waals surface area (Å²) in [6.07, 6.45) is 3.40. The number of rotatable bonds is 5. The number of benzene rings is 2. The van der Waals surface area contributed by atoms with Crippen molar-refractivity contribution in [3.05, 3.63) is 101 Å². The summed E-state index contributed by atoms with van der Waals surface area (Å²) in [7, 11) is 1.59. The zero-order valence-electron chi connectivity index (χ0n) is 15.7. The van der Waals surface area contributed by atoms with Crippen LogP contribution in [0.3, 0.4) is 0 Å². The van der Waals surface area contributed by atoms with Crippen LogP contribution < -0.4 is 4.74 Å². The second-order valence-corrected chi connectivity index (χ2v) is 7.18. The van der Waals surface area contributed by atoms with Gasteiger partial charge in [0.2, 0.25) is 0 Å². The maximum Gasteiger partial charge on any atom is 0.290 e. The standard InChI is InChI=1S/C23H19ClN2O3/c1-29-19-10-6-16(7-11-19)20-21(17-4-8-18(24)9-5-17)26(23(28)22(20)27)14-15-3-2-12-25-13-15/h2-13,21,27H,14H2,1H3/t21-/m0/s1. The lowest BCUT2D eigenvalue weighted by molar-refractivity contribution is -0.130. The highest BCUT2D eigenvalue weighted by Crippen LogP contribution is 2.44.